The van der Waals surface area contributed by atoms with E-state index < -0.39 is 6.09 Å². The number of rotatable bonds is 1. The lowest BCUT2D eigenvalue weighted by molar-refractivity contribution is 0.174. The minimum Gasteiger partial charge on any atom is -0.452 e. The first-order valence-electron chi connectivity index (χ1n) is 5.90. The number of carbonyl (C=O) groups excluding carboxylic acids is 1. The molecular formula is C15H12N2O2. The topological polar surface area (TPSA) is 44.1 Å². The molecule has 1 aromatic heterocycles. The highest BCUT2D eigenvalue weighted by atomic mass is 16.5. The molecule has 0 saturated heterocycles. The second-order valence-corrected chi connectivity index (χ2v) is 4.15. The van der Waals surface area contributed by atoms with Crippen molar-refractivity contribution in [1.82, 2.24) is 9.55 Å². The molecular weight excluding hydrogens is 240 g/mol. The van der Waals surface area contributed by atoms with E-state index in [1.54, 1.807) is 0 Å². The van der Waals surface area contributed by atoms with Crippen LogP contribution in [0, 0.1) is 0 Å². The van der Waals surface area contributed by atoms with E-state index in [0.717, 1.165) is 22.2 Å². The van der Waals surface area contributed by atoms with Gasteiger partial charge in [0.1, 0.15) is 6.33 Å². The van der Waals surface area contributed by atoms with Gasteiger partial charge in [-0.1, -0.05) is 36.4 Å². The molecule has 0 amide bonds. The molecule has 0 radical (unpaired) electrons. The molecule has 0 spiro atoms. The quantitative estimate of drug-likeness (QED) is 0.667. The fraction of sp³-hybridized carbons (Fsp3) is 0.0667. The molecule has 0 aliphatic rings. The number of hydrogen-bond acceptors (Lipinski definition) is 3. The van der Waals surface area contributed by atoms with E-state index in [1.165, 1.54) is 18.0 Å². The van der Waals surface area contributed by atoms with E-state index in [2.05, 4.69) is 4.98 Å². The Labute approximate surface area is 110 Å². The lowest BCUT2D eigenvalue weighted by Gasteiger charge is -2.03. The molecule has 0 atom stereocenters. The van der Waals surface area contributed by atoms with Gasteiger partial charge in [-0.25, -0.2) is 14.3 Å². The van der Waals surface area contributed by atoms with Crippen molar-refractivity contribution in [3.05, 3.63) is 54.9 Å². The summed E-state index contributed by atoms with van der Waals surface area (Å²) in [5.41, 5.74) is 3.71. The number of hydrogen-bond donors (Lipinski definition) is 0. The molecule has 94 valence electrons. The first kappa shape index (κ1) is 11.5. The summed E-state index contributed by atoms with van der Waals surface area (Å²) >= 11 is 0. The Hall–Kier alpha value is -2.62. The van der Waals surface area contributed by atoms with Crippen molar-refractivity contribution in [3.63, 3.8) is 0 Å². The first-order valence-corrected chi connectivity index (χ1v) is 5.90. The van der Waals surface area contributed by atoms with Crippen molar-refractivity contribution >= 4 is 17.1 Å². The maximum atomic E-state index is 11.5. The van der Waals surface area contributed by atoms with Crippen LogP contribution in [0.5, 0.6) is 0 Å². The van der Waals surface area contributed by atoms with Gasteiger partial charge in [0.05, 0.1) is 18.1 Å². The predicted molar refractivity (Wildman–Crippen MR) is 73.0 cm³/mol. The van der Waals surface area contributed by atoms with Crippen molar-refractivity contribution in [2.75, 3.05) is 7.11 Å². The smallest absolute Gasteiger partial charge is 0.419 e. The van der Waals surface area contributed by atoms with Crippen LogP contribution in [0.3, 0.4) is 0 Å². The lowest BCUT2D eigenvalue weighted by Crippen LogP contribution is -2.09. The van der Waals surface area contributed by atoms with Gasteiger partial charge in [-0.05, 0) is 23.3 Å². The largest absolute Gasteiger partial charge is 0.452 e. The minimum absolute atomic E-state index is 0.435. The number of carbonyl (C=O) groups is 1. The van der Waals surface area contributed by atoms with E-state index in [1.807, 2.05) is 48.5 Å². The number of aromatic nitrogens is 2. The molecule has 4 nitrogen and oxygen atoms in total. The van der Waals surface area contributed by atoms with Crippen molar-refractivity contribution in [3.8, 4) is 11.1 Å². The van der Waals surface area contributed by atoms with Gasteiger partial charge in [0.15, 0.2) is 0 Å². The van der Waals surface area contributed by atoms with Crippen LogP contribution >= 0.6 is 0 Å². The van der Waals surface area contributed by atoms with Crippen LogP contribution in [0.15, 0.2) is 54.9 Å². The summed E-state index contributed by atoms with van der Waals surface area (Å²) < 4.78 is 6.09. The molecule has 0 fully saturated rings. The van der Waals surface area contributed by atoms with E-state index in [0.29, 0.717) is 0 Å². The maximum absolute atomic E-state index is 11.5. The average Bonchev–Trinajstić information content (AvgIpc) is 2.90. The fourth-order valence-electron chi connectivity index (χ4n) is 2.07. The third-order valence-corrected chi connectivity index (χ3v) is 3.03. The predicted octanol–water partition coefficient (Wildman–Crippen LogP) is 3.32. The summed E-state index contributed by atoms with van der Waals surface area (Å²) in [6.07, 6.45) is 1.04. The number of imidazole rings is 1. The maximum Gasteiger partial charge on any atom is 0.419 e. The Bertz CT molecular complexity index is 732. The normalized spacial score (nSPS) is 10.6. The van der Waals surface area contributed by atoms with Crippen LogP contribution in [-0.4, -0.2) is 22.8 Å². The number of benzene rings is 2. The van der Waals surface area contributed by atoms with Crippen LogP contribution in [0.1, 0.15) is 0 Å². The molecule has 2 aromatic carbocycles. The monoisotopic (exact) mass is 252 g/mol. The summed E-state index contributed by atoms with van der Waals surface area (Å²) in [6.45, 7) is 0. The zero-order chi connectivity index (χ0) is 13.2. The minimum atomic E-state index is -0.435. The number of methoxy groups -OCH3 is 1. The van der Waals surface area contributed by atoms with Crippen molar-refractivity contribution in [2.24, 2.45) is 0 Å². The van der Waals surface area contributed by atoms with Gasteiger partial charge in [-0.15, -0.1) is 0 Å². The molecule has 3 aromatic rings. The van der Waals surface area contributed by atoms with Gasteiger partial charge in [0, 0.05) is 0 Å². The first-order chi connectivity index (χ1) is 9.29. The second-order valence-electron chi connectivity index (χ2n) is 4.15. The Morgan fingerprint density at radius 1 is 1.11 bits per heavy atom. The van der Waals surface area contributed by atoms with Gasteiger partial charge >= 0.3 is 6.09 Å². The summed E-state index contributed by atoms with van der Waals surface area (Å²) in [5.74, 6) is 0. The molecule has 1 heterocycles. The number of ether oxygens (including phenoxy) is 1. The Kier molecular flexibility index (Phi) is 2.76. The molecule has 0 unspecified atom stereocenters. The van der Waals surface area contributed by atoms with Gasteiger partial charge in [-0.2, -0.15) is 0 Å². The van der Waals surface area contributed by atoms with E-state index in [4.69, 9.17) is 4.74 Å². The Morgan fingerprint density at radius 3 is 2.63 bits per heavy atom. The molecule has 0 N–H and O–H groups in total. The lowest BCUT2D eigenvalue weighted by atomic mass is 10.1. The molecule has 4 heteroatoms. The average molecular weight is 252 g/mol. The summed E-state index contributed by atoms with van der Waals surface area (Å²) in [6, 6.07) is 15.9. The van der Waals surface area contributed by atoms with Crippen LogP contribution in [0.4, 0.5) is 4.79 Å². The molecule has 0 aliphatic carbocycles. The van der Waals surface area contributed by atoms with E-state index >= 15 is 0 Å². The molecule has 0 bridgehead atoms. The van der Waals surface area contributed by atoms with Gasteiger partial charge in [0.25, 0.3) is 0 Å². The van der Waals surface area contributed by atoms with Gasteiger partial charge < -0.3 is 4.74 Å². The van der Waals surface area contributed by atoms with Crippen LogP contribution in [0.25, 0.3) is 22.2 Å². The summed E-state index contributed by atoms with van der Waals surface area (Å²) in [7, 11) is 1.35. The Morgan fingerprint density at radius 2 is 1.89 bits per heavy atom. The third kappa shape index (κ3) is 1.97. The fourth-order valence-corrected chi connectivity index (χ4v) is 2.07. The second kappa shape index (κ2) is 4.57. The molecule has 0 aliphatic heterocycles. The van der Waals surface area contributed by atoms with Crippen molar-refractivity contribution in [2.45, 2.75) is 0 Å². The Balaban J connectivity index is 2.11. The highest BCUT2D eigenvalue weighted by Gasteiger charge is 2.10. The highest BCUT2D eigenvalue weighted by Crippen LogP contribution is 2.23. The molecule has 0 saturated carbocycles. The zero-order valence-electron chi connectivity index (χ0n) is 10.4. The number of fused-ring (bicyclic) bond motifs is 1. The van der Waals surface area contributed by atoms with Crippen molar-refractivity contribution < 1.29 is 9.53 Å². The van der Waals surface area contributed by atoms with Gasteiger partial charge in [0.2, 0.25) is 0 Å². The molecule has 19 heavy (non-hydrogen) atoms. The van der Waals surface area contributed by atoms with E-state index in [-0.39, 0.29) is 0 Å². The van der Waals surface area contributed by atoms with E-state index in [9.17, 15) is 4.79 Å². The standard InChI is InChI=1S/C15H12N2O2/c1-19-15(18)17-10-16-13-9-12(7-8-14(13)17)11-5-3-2-4-6-11/h2-10H,1H3. The summed E-state index contributed by atoms with van der Waals surface area (Å²) in [5, 5.41) is 0. The van der Waals surface area contributed by atoms with Gasteiger partial charge in [-0.3, -0.25) is 0 Å². The highest BCUT2D eigenvalue weighted by molar-refractivity contribution is 5.89. The summed E-state index contributed by atoms with van der Waals surface area (Å²) in [4.78, 5) is 15.8. The van der Waals surface area contributed by atoms with Crippen LogP contribution in [-0.2, 0) is 4.74 Å². The zero-order valence-corrected chi connectivity index (χ0v) is 10.4. The molecule has 3 rings (SSSR count). The van der Waals surface area contributed by atoms with Crippen LogP contribution < -0.4 is 0 Å². The van der Waals surface area contributed by atoms with Crippen LogP contribution in [0.2, 0.25) is 0 Å². The van der Waals surface area contributed by atoms with Crippen molar-refractivity contribution in [1.29, 1.82) is 0 Å². The number of nitrogens with zero attached hydrogens (tertiary/aromatic N) is 2. The SMILES string of the molecule is COC(=O)n1cnc2cc(-c3ccccc3)ccc21. The third-order valence-electron chi connectivity index (χ3n) is 3.03.